The lowest BCUT2D eigenvalue weighted by Crippen LogP contribution is -2.39. The first-order valence-corrected chi connectivity index (χ1v) is 5.64. The highest BCUT2D eigenvalue weighted by Gasteiger charge is 2.18. The Labute approximate surface area is 102 Å². The molecule has 0 saturated heterocycles. The predicted octanol–water partition coefficient (Wildman–Crippen LogP) is 1.47. The van der Waals surface area contributed by atoms with Crippen molar-refractivity contribution in [3.05, 3.63) is 22.4 Å². The molecule has 0 saturated carbocycles. The van der Waals surface area contributed by atoms with Gasteiger partial charge >= 0.3 is 5.97 Å². The third kappa shape index (κ3) is 2.85. The molecule has 0 bridgehead atoms. The Morgan fingerprint density at radius 2 is 2.25 bits per heavy atom. The summed E-state index contributed by atoms with van der Waals surface area (Å²) in [7, 11) is 0. The Balaban J connectivity index is 2.84. The zero-order chi connectivity index (χ0) is 12.3. The number of amides is 1. The summed E-state index contributed by atoms with van der Waals surface area (Å²) < 4.78 is 2.54. The van der Waals surface area contributed by atoms with Gasteiger partial charge in [0.2, 0.25) is 0 Å². The molecule has 1 aromatic rings. The van der Waals surface area contributed by atoms with Crippen molar-refractivity contribution in [2.45, 2.75) is 26.4 Å². The third-order valence-electron chi connectivity index (χ3n) is 2.15. The molecule has 1 atom stereocenters. The maximum Gasteiger partial charge on any atom is 0.325 e. The molecule has 1 heterocycles. The smallest absolute Gasteiger partial charge is 0.325 e. The minimum atomic E-state index is -1.05. The van der Waals surface area contributed by atoms with Crippen molar-refractivity contribution in [3.8, 4) is 0 Å². The predicted molar refractivity (Wildman–Crippen MR) is 62.4 cm³/mol. The lowest BCUT2D eigenvalue weighted by molar-refractivity contribution is -0.138. The first kappa shape index (κ1) is 12.8. The number of hydrogen-bond acceptors (Lipinski definition) is 2. The SMILES string of the molecule is CCn1cc(Br)cc1C(=O)N[C@@H](C)C(=O)O. The number of aromatic nitrogens is 1. The highest BCUT2D eigenvalue weighted by atomic mass is 79.9. The van der Waals surface area contributed by atoms with Gasteiger partial charge in [-0.05, 0) is 35.8 Å². The van der Waals surface area contributed by atoms with E-state index < -0.39 is 12.0 Å². The number of carboxylic acid groups (broad SMARTS) is 1. The van der Waals surface area contributed by atoms with E-state index in [1.807, 2.05) is 6.92 Å². The van der Waals surface area contributed by atoms with Crippen LogP contribution in [0.25, 0.3) is 0 Å². The number of nitrogens with zero attached hydrogens (tertiary/aromatic N) is 1. The second-order valence-corrected chi connectivity index (χ2v) is 4.28. The largest absolute Gasteiger partial charge is 0.480 e. The van der Waals surface area contributed by atoms with Crippen molar-refractivity contribution in [1.82, 2.24) is 9.88 Å². The number of carbonyl (C=O) groups is 2. The molecule has 1 amide bonds. The average molecular weight is 289 g/mol. The number of aliphatic carboxylic acids is 1. The van der Waals surface area contributed by atoms with Crippen molar-refractivity contribution in [2.75, 3.05) is 0 Å². The lowest BCUT2D eigenvalue weighted by Gasteiger charge is -2.10. The Morgan fingerprint density at radius 3 is 2.75 bits per heavy atom. The lowest BCUT2D eigenvalue weighted by atomic mass is 10.3. The molecule has 0 aliphatic rings. The number of nitrogens with one attached hydrogen (secondary N) is 1. The van der Waals surface area contributed by atoms with E-state index in [0.717, 1.165) is 4.47 Å². The van der Waals surface area contributed by atoms with Gasteiger partial charge in [-0.2, -0.15) is 0 Å². The van der Waals surface area contributed by atoms with Gasteiger partial charge in [-0.3, -0.25) is 9.59 Å². The molecule has 0 aromatic carbocycles. The van der Waals surface area contributed by atoms with Gasteiger partial charge in [0.05, 0.1) is 0 Å². The summed E-state index contributed by atoms with van der Waals surface area (Å²) in [6.07, 6.45) is 1.78. The van der Waals surface area contributed by atoms with Crippen LogP contribution in [0.4, 0.5) is 0 Å². The van der Waals surface area contributed by atoms with Gasteiger partial charge in [0.1, 0.15) is 11.7 Å². The first-order chi connectivity index (χ1) is 7.45. The summed E-state index contributed by atoms with van der Waals surface area (Å²) in [5, 5.41) is 11.1. The monoisotopic (exact) mass is 288 g/mol. The number of rotatable bonds is 4. The number of carbonyl (C=O) groups excluding carboxylic acids is 1. The summed E-state index contributed by atoms with van der Waals surface area (Å²) in [6, 6.07) is 0.763. The van der Waals surface area contributed by atoms with Crippen LogP contribution in [0.5, 0.6) is 0 Å². The summed E-state index contributed by atoms with van der Waals surface area (Å²) >= 11 is 3.27. The van der Waals surface area contributed by atoms with Gasteiger partial charge in [-0.1, -0.05) is 0 Å². The molecule has 88 valence electrons. The van der Waals surface area contributed by atoms with Crippen LogP contribution in [0.3, 0.4) is 0 Å². The van der Waals surface area contributed by atoms with Crippen molar-refractivity contribution >= 4 is 27.8 Å². The molecule has 0 radical (unpaired) electrons. The third-order valence-corrected chi connectivity index (χ3v) is 2.59. The van der Waals surface area contributed by atoms with E-state index in [1.165, 1.54) is 6.92 Å². The second kappa shape index (κ2) is 5.16. The fraction of sp³-hybridized carbons (Fsp3) is 0.400. The Morgan fingerprint density at radius 1 is 1.62 bits per heavy atom. The Hall–Kier alpha value is -1.30. The highest BCUT2D eigenvalue weighted by Crippen LogP contribution is 2.14. The molecule has 6 heteroatoms. The molecule has 1 rings (SSSR count). The van der Waals surface area contributed by atoms with Crippen molar-refractivity contribution < 1.29 is 14.7 Å². The van der Waals surface area contributed by atoms with Crippen LogP contribution in [0.2, 0.25) is 0 Å². The van der Waals surface area contributed by atoms with Crippen molar-refractivity contribution in [2.24, 2.45) is 0 Å². The van der Waals surface area contributed by atoms with Crippen molar-refractivity contribution in [1.29, 1.82) is 0 Å². The summed E-state index contributed by atoms with van der Waals surface area (Å²) in [5.41, 5.74) is 0.447. The van der Waals surface area contributed by atoms with Crippen LogP contribution in [0.1, 0.15) is 24.3 Å². The standard InChI is InChI=1S/C10H13BrN2O3/c1-3-13-5-7(11)4-8(13)9(14)12-6(2)10(15)16/h4-6H,3H2,1-2H3,(H,12,14)(H,15,16)/t6-/m0/s1. The molecule has 0 fully saturated rings. The van der Waals surface area contributed by atoms with Gasteiger partial charge in [-0.25, -0.2) is 0 Å². The molecule has 0 aliphatic carbocycles. The fourth-order valence-corrected chi connectivity index (χ4v) is 1.72. The van der Waals surface area contributed by atoms with E-state index in [2.05, 4.69) is 21.2 Å². The van der Waals surface area contributed by atoms with Crippen LogP contribution in [0.15, 0.2) is 16.7 Å². The fourth-order valence-electron chi connectivity index (χ4n) is 1.26. The zero-order valence-electron chi connectivity index (χ0n) is 9.03. The van der Waals surface area contributed by atoms with Gasteiger partial charge in [-0.15, -0.1) is 0 Å². The van der Waals surface area contributed by atoms with Gasteiger partial charge in [0.15, 0.2) is 0 Å². The number of hydrogen-bond donors (Lipinski definition) is 2. The van der Waals surface area contributed by atoms with E-state index in [9.17, 15) is 9.59 Å². The Kier molecular flexibility index (Phi) is 4.12. The van der Waals surface area contributed by atoms with Crippen LogP contribution in [-0.2, 0) is 11.3 Å². The summed E-state index contributed by atoms with van der Waals surface area (Å²) in [6.45, 7) is 3.98. The topological polar surface area (TPSA) is 71.3 Å². The van der Waals surface area contributed by atoms with Crippen molar-refractivity contribution in [3.63, 3.8) is 0 Å². The van der Waals surface area contributed by atoms with Crippen LogP contribution in [0, 0.1) is 0 Å². The molecule has 5 nitrogen and oxygen atoms in total. The molecular formula is C10H13BrN2O3. The average Bonchev–Trinajstić information content (AvgIpc) is 2.59. The zero-order valence-corrected chi connectivity index (χ0v) is 10.6. The maximum absolute atomic E-state index is 11.7. The highest BCUT2D eigenvalue weighted by molar-refractivity contribution is 9.10. The molecule has 16 heavy (non-hydrogen) atoms. The minimum Gasteiger partial charge on any atom is -0.480 e. The maximum atomic E-state index is 11.7. The Bertz CT molecular complexity index is 414. The van der Waals surface area contributed by atoms with E-state index in [4.69, 9.17) is 5.11 Å². The van der Waals surface area contributed by atoms with E-state index in [1.54, 1.807) is 16.8 Å². The van der Waals surface area contributed by atoms with E-state index in [-0.39, 0.29) is 5.91 Å². The van der Waals surface area contributed by atoms with Gasteiger partial charge in [0.25, 0.3) is 5.91 Å². The molecule has 2 N–H and O–H groups in total. The summed E-state index contributed by atoms with van der Waals surface area (Å²) in [4.78, 5) is 22.3. The molecule has 0 unspecified atom stereocenters. The quantitative estimate of drug-likeness (QED) is 0.881. The van der Waals surface area contributed by atoms with Crippen LogP contribution in [-0.4, -0.2) is 27.6 Å². The number of aryl methyl sites for hydroxylation is 1. The van der Waals surface area contributed by atoms with Gasteiger partial charge < -0.3 is 15.0 Å². The molecule has 0 spiro atoms. The van der Waals surface area contributed by atoms with Gasteiger partial charge in [0, 0.05) is 17.2 Å². The molecular weight excluding hydrogens is 276 g/mol. The van der Waals surface area contributed by atoms with E-state index in [0.29, 0.717) is 12.2 Å². The second-order valence-electron chi connectivity index (χ2n) is 3.36. The van der Waals surface area contributed by atoms with E-state index >= 15 is 0 Å². The van der Waals surface area contributed by atoms with Crippen LogP contribution >= 0.6 is 15.9 Å². The number of carboxylic acids is 1. The normalized spacial score (nSPS) is 12.2. The number of halogens is 1. The minimum absolute atomic E-state index is 0.387. The molecule has 1 aromatic heterocycles. The molecule has 0 aliphatic heterocycles. The van der Waals surface area contributed by atoms with Crippen LogP contribution < -0.4 is 5.32 Å². The summed E-state index contributed by atoms with van der Waals surface area (Å²) in [5.74, 6) is -1.44. The first-order valence-electron chi connectivity index (χ1n) is 4.85.